The predicted molar refractivity (Wildman–Crippen MR) is 550 cm³/mol. The summed E-state index contributed by atoms with van der Waals surface area (Å²) < 4.78 is 0. The van der Waals surface area contributed by atoms with Gasteiger partial charge in [0.1, 0.15) is 17.1 Å². The van der Waals surface area contributed by atoms with Crippen LogP contribution in [0.2, 0.25) is 0 Å². The molecule has 9 heteroatoms. The number of aryl methyl sites for hydroxylation is 6. The van der Waals surface area contributed by atoms with Crippen LogP contribution in [0.5, 0.6) is 0 Å². The standard InChI is InChI=1S/C120H165N9/c1-13-25-31-37-43-55-79-118(80-56-44-38-32-26-14-2)97-70-52-49-67-91(97)94-76-73-88(85-100(94)118)109-103(61-19-7)124-112(106(121-109)64-22-10)115-127-116(113-107(65-23-11)122-110(104(125-113)62-20-8)89-74-77-95-92-68-50-53-71-98(92)119(101(95)86-89,81-57-45-39-33-27-15-3)82-58-46-40-34-28-16-4)129-117(128-115)114-108(66-24-12)123-111(105(126-114)63-21-9)90-75-78-96-93-69-51-54-72-99(93)120(102(96)87-90,83-59-47-41-35-29-17-5)84-60-48-42-36-30-18-6/h49-54,67-78,85-87H,13-48,55-66,79-84H2,1-12H3. The molecule has 13 rings (SSSR count). The Morgan fingerprint density at radius 2 is 0.357 bits per heavy atom. The van der Waals surface area contributed by atoms with Gasteiger partial charge in [-0.1, -0.05) is 462 Å². The van der Waals surface area contributed by atoms with Crippen LogP contribution in [-0.2, 0) is 54.8 Å². The van der Waals surface area contributed by atoms with Gasteiger partial charge in [-0.2, -0.15) is 0 Å². The fourth-order valence-corrected chi connectivity index (χ4v) is 22.9. The van der Waals surface area contributed by atoms with E-state index in [0.717, 1.165) is 164 Å². The average Bonchev–Trinajstić information content (AvgIpc) is 1.58. The zero-order valence-corrected chi connectivity index (χ0v) is 82.8. The van der Waals surface area contributed by atoms with E-state index in [-0.39, 0.29) is 16.2 Å². The van der Waals surface area contributed by atoms with Gasteiger partial charge in [0, 0.05) is 32.9 Å². The van der Waals surface area contributed by atoms with Crippen LogP contribution in [0.3, 0.4) is 0 Å². The van der Waals surface area contributed by atoms with Gasteiger partial charge >= 0.3 is 0 Å². The third kappa shape index (κ3) is 23.1. The molecule has 4 heterocycles. The van der Waals surface area contributed by atoms with Gasteiger partial charge in [-0.3, -0.25) is 0 Å². The van der Waals surface area contributed by atoms with Crippen molar-refractivity contribution in [2.75, 3.05) is 0 Å². The van der Waals surface area contributed by atoms with E-state index in [2.05, 4.69) is 210 Å². The van der Waals surface area contributed by atoms with E-state index in [0.29, 0.717) is 53.8 Å². The van der Waals surface area contributed by atoms with Crippen LogP contribution in [0, 0.1) is 0 Å². The Morgan fingerprint density at radius 1 is 0.171 bits per heavy atom. The summed E-state index contributed by atoms with van der Waals surface area (Å²) in [7, 11) is 0. The van der Waals surface area contributed by atoms with Crippen molar-refractivity contribution in [2.45, 2.75) is 446 Å². The van der Waals surface area contributed by atoms with Crippen LogP contribution in [0.4, 0.5) is 0 Å². The molecule has 0 fully saturated rings. The maximum atomic E-state index is 6.03. The molecule has 0 bridgehead atoms. The van der Waals surface area contributed by atoms with Crippen molar-refractivity contribution < 1.29 is 0 Å². The number of hydrogen-bond acceptors (Lipinski definition) is 9. The molecule has 9 nitrogen and oxygen atoms in total. The van der Waals surface area contributed by atoms with Crippen molar-refractivity contribution in [3.63, 3.8) is 0 Å². The first-order chi connectivity index (χ1) is 63.5. The van der Waals surface area contributed by atoms with Crippen molar-refractivity contribution in [3.05, 3.63) is 195 Å². The third-order valence-electron chi connectivity index (χ3n) is 29.7. The molecule has 690 valence electrons. The minimum absolute atomic E-state index is 0.0812. The lowest BCUT2D eigenvalue weighted by molar-refractivity contribution is 0.398. The highest BCUT2D eigenvalue weighted by Crippen LogP contribution is 2.59. The molecule has 0 radical (unpaired) electrons. The lowest BCUT2D eigenvalue weighted by Crippen LogP contribution is -2.25. The fourth-order valence-electron chi connectivity index (χ4n) is 22.9. The number of fused-ring (bicyclic) bond motifs is 9. The van der Waals surface area contributed by atoms with Crippen LogP contribution < -0.4 is 0 Å². The van der Waals surface area contributed by atoms with Gasteiger partial charge in [0.05, 0.1) is 51.2 Å². The first-order valence-corrected chi connectivity index (χ1v) is 53.7. The second-order valence-corrected chi connectivity index (χ2v) is 39.5. The highest BCUT2D eigenvalue weighted by atomic mass is 15.1. The summed E-state index contributed by atoms with van der Waals surface area (Å²) in [6, 6.07) is 50.7. The Balaban J connectivity index is 0.998. The van der Waals surface area contributed by atoms with E-state index in [1.807, 2.05) is 0 Å². The molecular formula is C120H165N9. The van der Waals surface area contributed by atoms with Crippen molar-refractivity contribution in [1.29, 1.82) is 0 Å². The van der Waals surface area contributed by atoms with Gasteiger partial charge in [-0.25, -0.2) is 44.9 Å². The summed E-state index contributed by atoms with van der Waals surface area (Å²) in [5.74, 6) is 1.51. The number of hydrogen-bond donors (Lipinski definition) is 0. The van der Waals surface area contributed by atoms with E-state index < -0.39 is 0 Å². The van der Waals surface area contributed by atoms with Crippen LogP contribution in [0.25, 0.3) is 102 Å². The molecule has 0 saturated carbocycles. The predicted octanol–water partition coefficient (Wildman–Crippen LogP) is 35.3. The quantitative estimate of drug-likeness (QED) is 0.0344. The van der Waals surface area contributed by atoms with E-state index >= 15 is 0 Å². The average molecular weight is 1730 g/mol. The Kier molecular flexibility index (Phi) is 37.9. The normalized spacial score (nSPS) is 13.6. The molecule has 0 spiro atoms. The number of nitrogens with zero attached hydrogens (tertiary/aromatic N) is 9. The third-order valence-corrected chi connectivity index (χ3v) is 29.7. The topological polar surface area (TPSA) is 116 Å². The van der Waals surface area contributed by atoms with Crippen molar-refractivity contribution in [3.8, 4) is 102 Å². The van der Waals surface area contributed by atoms with Crippen molar-refractivity contribution >= 4 is 0 Å². The van der Waals surface area contributed by atoms with Crippen LogP contribution >= 0.6 is 0 Å². The Hall–Kier alpha value is -8.43. The first-order valence-electron chi connectivity index (χ1n) is 53.7. The first kappa shape index (κ1) is 98.1. The monoisotopic (exact) mass is 1730 g/mol. The maximum absolute atomic E-state index is 6.03. The van der Waals surface area contributed by atoms with Gasteiger partial charge in [0.2, 0.25) is 0 Å². The molecule has 0 saturated heterocycles. The molecule has 3 aliphatic carbocycles. The summed E-state index contributed by atoms with van der Waals surface area (Å²) >= 11 is 0. The lowest BCUT2D eigenvalue weighted by atomic mass is 9.70. The Labute approximate surface area is 782 Å². The molecule has 4 aromatic heterocycles. The fraction of sp³-hybridized carbons (Fsp3) is 0.575. The number of rotatable bonds is 60. The number of unbranched alkanes of at least 4 members (excludes halogenated alkanes) is 30. The smallest absolute Gasteiger partial charge is 0.184 e. The van der Waals surface area contributed by atoms with E-state index in [1.165, 1.54) is 298 Å². The molecule has 0 aliphatic heterocycles. The second kappa shape index (κ2) is 49.9. The van der Waals surface area contributed by atoms with E-state index in [9.17, 15) is 0 Å². The highest BCUT2D eigenvalue weighted by molar-refractivity contribution is 5.87. The Morgan fingerprint density at radius 3 is 0.574 bits per heavy atom. The molecule has 0 N–H and O–H groups in total. The number of benzene rings is 6. The summed E-state index contributed by atoms with van der Waals surface area (Å²) in [6.07, 6.45) is 62.7. The van der Waals surface area contributed by atoms with Crippen LogP contribution in [0.15, 0.2) is 127 Å². The molecule has 0 unspecified atom stereocenters. The zero-order valence-electron chi connectivity index (χ0n) is 82.8. The molecule has 0 atom stereocenters. The van der Waals surface area contributed by atoms with Crippen LogP contribution in [-0.4, -0.2) is 44.9 Å². The lowest BCUT2D eigenvalue weighted by Gasteiger charge is -2.33. The summed E-state index contributed by atoms with van der Waals surface area (Å²) in [5.41, 5.74) is 31.4. The van der Waals surface area contributed by atoms with E-state index in [4.69, 9.17) is 44.9 Å². The summed E-state index contributed by atoms with van der Waals surface area (Å²) in [6.45, 7) is 27.7. The molecule has 0 amide bonds. The maximum Gasteiger partial charge on any atom is 0.184 e. The minimum atomic E-state index is -0.0812. The summed E-state index contributed by atoms with van der Waals surface area (Å²) in [4.78, 5) is 53.7. The SMILES string of the molecule is CCCCCCCCC1(CCCCCCCC)c2ccccc2-c2ccc(-c3nc(CCC)c(-c4nc(-c5nc(CCC)c(-c6ccc7c(c6)C(CCCCCCCC)(CCCCCCCC)c6ccccc6-7)nc5CCC)nc(-c5nc(CCC)c(-c6ccc7c(c6)C(CCCCCCCC)(CCCCCCCC)c6ccccc6-7)nc5CCC)n4)nc3CCC)cc21. The largest absolute Gasteiger partial charge is 0.249 e. The van der Waals surface area contributed by atoms with Gasteiger partial charge in [-0.05, 0) is 162 Å². The van der Waals surface area contributed by atoms with Crippen molar-refractivity contribution in [2.24, 2.45) is 0 Å². The van der Waals surface area contributed by atoms with E-state index in [1.54, 1.807) is 0 Å². The van der Waals surface area contributed by atoms with Gasteiger partial charge < -0.3 is 0 Å². The van der Waals surface area contributed by atoms with Gasteiger partial charge in [0.25, 0.3) is 0 Å². The molecule has 129 heavy (non-hydrogen) atoms. The molecule has 6 aromatic carbocycles. The Bertz CT molecular complexity index is 4610. The van der Waals surface area contributed by atoms with Gasteiger partial charge in [-0.15, -0.1) is 0 Å². The zero-order chi connectivity index (χ0) is 90.2. The second-order valence-electron chi connectivity index (χ2n) is 39.5. The van der Waals surface area contributed by atoms with Crippen LogP contribution in [0.1, 0.15) is 459 Å². The summed E-state index contributed by atoms with van der Waals surface area (Å²) in [5, 5.41) is 0. The highest BCUT2D eigenvalue weighted by Gasteiger charge is 2.46. The molecule has 3 aliphatic rings. The molecular weight excluding hydrogens is 1570 g/mol. The minimum Gasteiger partial charge on any atom is -0.249 e. The van der Waals surface area contributed by atoms with Crippen molar-refractivity contribution in [1.82, 2.24) is 44.9 Å². The van der Waals surface area contributed by atoms with Gasteiger partial charge in [0.15, 0.2) is 17.5 Å². The molecule has 10 aromatic rings. The number of aromatic nitrogens is 9.